The molecule has 1 saturated heterocycles. The average Bonchev–Trinajstić information content (AvgIpc) is 2.97. The number of rotatable bonds is 11. The molecule has 5 rings (SSSR count). The highest BCUT2D eigenvalue weighted by Crippen LogP contribution is 2.37. The molecule has 0 atom stereocenters. The second-order valence-electron chi connectivity index (χ2n) is 9.54. The van der Waals surface area contributed by atoms with Gasteiger partial charge in [0.15, 0.2) is 0 Å². The van der Waals surface area contributed by atoms with Gasteiger partial charge in [0, 0.05) is 44.1 Å². The van der Waals surface area contributed by atoms with Crippen LogP contribution in [0.3, 0.4) is 0 Å². The molecule has 0 radical (unpaired) electrons. The molecule has 39 heavy (non-hydrogen) atoms. The number of benzene rings is 3. The smallest absolute Gasteiger partial charge is 0.229 e. The number of carbonyl (C=O) groups excluding carboxylic acids is 1. The number of aromatic nitrogens is 1. The van der Waals surface area contributed by atoms with E-state index in [1.807, 2.05) is 60.7 Å². The maximum absolute atomic E-state index is 12.5. The van der Waals surface area contributed by atoms with Crippen LogP contribution in [0.15, 0.2) is 79.0 Å². The lowest BCUT2D eigenvalue weighted by Gasteiger charge is -2.26. The summed E-state index contributed by atoms with van der Waals surface area (Å²) in [6.07, 6.45) is 3.36. The van der Waals surface area contributed by atoms with Gasteiger partial charge >= 0.3 is 0 Å². The molecule has 3 aromatic carbocycles. The monoisotopic (exact) mass is 521 g/mol. The summed E-state index contributed by atoms with van der Waals surface area (Å²) in [6, 6.07) is 22.7. The van der Waals surface area contributed by atoms with E-state index in [-0.39, 0.29) is 5.78 Å². The summed E-state index contributed by atoms with van der Waals surface area (Å²) in [5.74, 6) is 1.96. The van der Waals surface area contributed by atoms with Crippen molar-refractivity contribution in [2.45, 2.75) is 19.3 Å². The largest absolute Gasteiger partial charge is 0.504 e. The number of carbonyl (C=O) groups is 1. The highest BCUT2D eigenvalue weighted by Gasteiger charge is 2.13. The van der Waals surface area contributed by atoms with Crippen LogP contribution in [0.25, 0.3) is 15.7 Å². The Morgan fingerprint density at radius 2 is 1.69 bits per heavy atom. The summed E-state index contributed by atoms with van der Waals surface area (Å²) in [7, 11) is 0. The molecule has 198 valence electrons. The van der Waals surface area contributed by atoms with Crippen LogP contribution in [0.1, 0.15) is 17.5 Å². The van der Waals surface area contributed by atoms with Crippen LogP contribution in [0.2, 0.25) is 0 Å². The molecule has 2 heterocycles. The Hall–Kier alpha value is -4.25. The summed E-state index contributed by atoms with van der Waals surface area (Å²) < 4.78 is 17.6. The fourth-order valence-electron chi connectivity index (χ4n) is 4.64. The lowest BCUT2D eigenvalue weighted by molar-refractivity contribution is -0.117. The molecule has 0 N–H and O–H groups in total. The van der Waals surface area contributed by atoms with Gasteiger partial charge in [-0.1, -0.05) is 42.5 Å². The number of pyridine rings is 1. The second kappa shape index (κ2) is 13.0. The molecule has 0 saturated carbocycles. The van der Waals surface area contributed by atoms with Crippen LogP contribution < -0.4 is 9.47 Å². The van der Waals surface area contributed by atoms with E-state index in [0.717, 1.165) is 55.8 Å². The fourth-order valence-corrected chi connectivity index (χ4v) is 4.64. The standard InChI is InChI=1S/C32H31N3O4/c1-33-30-22-28-29(23-32(30)38-17-5-14-35-15-18-37-19-16-35)34-13-12-31(28)39-27-10-8-25(9-11-27)21-26(36)20-24-6-3-2-4-7-24/h2-4,6-13,22-23H,5,14-21H2. The molecule has 7 nitrogen and oxygen atoms in total. The Balaban J connectivity index is 1.22. The van der Waals surface area contributed by atoms with Crippen LogP contribution in [0, 0.1) is 6.57 Å². The third kappa shape index (κ3) is 7.20. The first-order chi connectivity index (χ1) is 19.2. The predicted molar refractivity (Wildman–Crippen MR) is 151 cm³/mol. The summed E-state index contributed by atoms with van der Waals surface area (Å²) in [4.78, 5) is 23.0. The van der Waals surface area contributed by atoms with Gasteiger partial charge in [-0.25, -0.2) is 4.85 Å². The average molecular weight is 522 g/mol. The van der Waals surface area contributed by atoms with E-state index >= 15 is 0 Å². The quantitative estimate of drug-likeness (QED) is 0.177. The maximum Gasteiger partial charge on any atom is 0.229 e. The van der Waals surface area contributed by atoms with Gasteiger partial charge in [-0.05, 0) is 47.9 Å². The zero-order valence-corrected chi connectivity index (χ0v) is 21.8. The lowest BCUT2D eigenvalue weighted by Crippen LogP contribution is -2.37. The second-order valence-corrected chi connectivity index (χ2v) is 9.54. The first-order valence-electron chi connectivity index (χ1n) is 13.2. The molecule has 7 heteroatoms. The zero-order chi connectivity index (χ0) is 26.9. The molecule has 0 unspecified atom stereocenters. The Kier molecular flexibility index (Phi) is 8.79. The predicted octanol–water partition coefficient (Wildman–Crippen LogP) is 6.03. The van der Waals surface area contributed by atoms with Crippen LogP contribution in [-0.4, -0.2) is 55.1 Å². The van der Waals surface area contributed by atoms with Crippen molar-refractivity contribution < 1.29 is 19.0 Å². The van der Waals surface area contributed by atoms with Gasteiger partial charge in [0.25, 0.3) is 0 Å². The van der Waals surface area contributed by atoms with Crippen molar-refractivity contribution in [1.29, 1.82) is 0 Å². The molecule has 1 aromatic heterocycles. The number of fused-ring (bicyclic) bond motifs is 1. The van der Waals surface area contributed by atoms with Crippen molar-refractivity contribution in [2.24, 2.45) is 0 Å². The number of ketones is 1. The van der Waals surface area contributed by atoms with Crippen molar-refractivity contribution in [3.8, 4) is 17.2 Å². The van der Waals surface area contributed by atoms with E-state index < -0.39 is 0 Å². The molecule has 0 spiro atoms. The highest BCUT2D eigenvalue weighted by atomic mass is 16.5. The molecular weight excluding hydrogens is 490 g/mol. The summed E-state index contributed by atoms with van der Waals surface area (Å²) in [6.45, 7) is 12.6. The van der Waals surface area contributed by atoms with E-state index in [1.165, 1.54) is 0 Å². The summed E-state index contributed by atoms with van der Waals surface area (Å²) in [5.41, 5.74) is 3.09. The minimum Gasteiger partial charge on any atom is -0.504 e. The highest BCUT2D eigenvalue weighted by molar-refractivity contribution is 5.91. The molecule has 0 bridgehead atoms. The topological polar surface area (TPSA) is 65.2 Å². The zero-order valence-electron chi connectivity index (χ0n) is 21.8. The SMILES string of the molecule is [C-]#[N+]c1cc2c(Oc3ccc(CC(=O)Cc4ccccc4)cc3)ccnc2cc1OCCCN1CCOCC1. The Labute approximate surface area is 228 Å². The first kappa shape index (κ1) is 26.4. The Bertz CT molecular complexity index is 1440. The third-order valence-electron chi connectivity index (χ3n) is 6.68. The number of Topliss-reactive ketones (excluding diaryl/α,β-unsaturated/α-hetero) is 1. The van der Waals surface area contributed by atoms with Crippen molar-refractivity contribution in [3.05, 3.63) is 102 Å². The molecule has 1 aliphatic rings. The summed E-state index contributed by atoms with van der Waals surface area (Å²) >= 11 is 0. The van der Waals surface area contributed by atoms with E-state index in [2.05, 4.69) is 14.7 Å². The maximum atomic E-state index is 12.5. The molecule has 1 fully saturated rings. The van der Waals surface area contributed by atoms with E-state index in [0.29, 0.717) is 47.9 Å². The fraction of sp³-hybridized carbons (Fsp3) is 0.281. The van der Waals surface area contributed by atoms with Gasteiger partial charge in [-0.15, -0.1) is 0 Å². The van der Waals surface area contributed by atoms with Gasteiger partial charge < -0.3 is 14.2 Å². The van der Waals surface area contributed by atoms with Gasteiger partial charge in [0.05, 0.1) is 31.9 Å². The molecule has 4 aromatic rings. The Morgan fingerprint density at radius 1 is 0.949 bits per heavy atom. The van der Waals surface area contributed by atoms with Crippen molar-refractivity contribution in [1.82, 2.24) is 9.88 Å². The van der Waals surface area contributed by atoms with Gasteiger partial charge in [0.1, 0.15) is 23.0 Å². The minimum absolute atomic E-state index is 0.167. The number of ether oxygens (including phenoxy) is 3. The number of nitrogens with zero attached hydrogens (tertiary/aromatic N) is 3. The van der Waals surface area contributed by atoms with Crippen molar-refractivity contribution in [2.75, 3.05) is 39.5 Å². The van der Waals surface area contributed by atoms with Crippen LogP contribution in [0.4, 0.5) is 5.69 Å². The van der Waals surface area contributed by atoms with E-state index in [1.54, 1.807) is 18.3 Å². The van der Waals surface area contributed by atoms with Crippen molar-refractivity contribution in [3.63, 3.8) is 0 Å². The van der Waals surface area contributed by atoms with Crippen LogP contribution in [-0.2, 0) is 22.4 Å². The number of hydrogen-bond acceptors (Lipinski definition) is 6. The normalized spacial score (nSPS) is 13.6. The molecule has 0 amide bonds. The minimum atomic E-state index is 0.167. The molecule has 1 aliphatic heterocycles. The first-order valence-corrected chi connectivity index (χ1v) is 13.2. The number of morpholine rings is 1. The van der Waals surface area contributed by atoms with Gasteiger partial charge in [0.2, 0.25) is 5.69 Å². The number of hydrogen-bond donors (Lipinski definition) is 0. The lowest BCUT2D eigenvalue weighted by atomic mass is 10.0. The van der Waals surface area contributed by atoms with Crippen molar-refractivity contribution >= 4 is 22.4 Å². The molecule has 0 aliphatic carbocycles. The van der Waals surface area contributed by atoms with Crippen LogP contribution >= 0.6 is 0 Å². The Morgan fingerprint density at radius 3 is 2.44 bits per heavy atom. The van der Waals surface area contributed by atoms with E-state index in [9.17, 15) is 4.79 Å². The van der Waals surface area contributed by atoms with Gasteiger partial charge in [-0.2, -0.15) is 0 Å². The van der Waals surface area contributed by atoms with Crippen LogP contribution in [0.5, 0.6) is 17.2 Å². The van der Waals surface area contributed by atoms with Gasteiger partial charge in [-0.3, -0.25) is 14.7 Å². The molecular formula is C32H31N3O4. The third-order valence-corrected chi connectivity index (χ3v) is 6.68. The van der Waals surface area contributed by atoms with E-state index in [4.69, 9.17) is 20.8 Å². The summed E-state index contributed by atoms with van der Waals surface area (Å²) in [5, 5.41) is 0.742.